The number of carbonyl (C=O) groups excluding carboxylic acids is 1. The zero-order chi connectivity index (χ0) is 20.1. The molecule has 29 heavy (non-hydrogen) atoms. The van der Waals surface area contributed by atoms with Crippen LogP contribution < -0.4 is 4.90 Å². The van der Waals surface area contributed by atoms with E-state index in [0.29, 0.717) is 16.6 Å². The van der Waals surface area contributed by atoms with Gasteiger partial charge in [0.2, 0.25) is 5.91 Å². The molecule has 0 N–H and O–H groups in total. The molecule has 0 bridgehead atoms. The van der Waals surface area contributed by atoms with E-state index in [1.165, 1.54) is 11.8 Å². The third kappa shape index (κ3) is 4.58. The van der Waals surface area contributed by atoms with Crippen LogP contribution in [-0.4, -0.2) is 22.5 Å². The van der Waals surface area contributed by atoms with Gasteiger partial charge in [0.15, 0.2) is 5.17 Å². The lowest BCUT2D eigenvalue weighted by molar-refractivity contribution is -0.116. The van der Waals surface area contributed by atoms with Gasteiger partial charge in [0.25, 0.3) is 0 Å². The molecule has 1 fully saturated rings. The number of amides is 1. The minimum absolute atomic E-state index is 0.0109. The predicted octanol–water partition coefficient (Wildman–Crippen LogP) is 5.42. The summed E-state index contributed by atoms with van der Waals surface area (Å²) in [5, 5.41) is 9.48. The number of anilines is 1. The summed E-state index contributed by atoms with van der Waals surface area (Å²) in [6.45, 7) is 0. The normalized spacial score (nSPS) is 18.1. The summed E-state index contributed by atoms with van der Waals surface area (Å²) in [4.78, 5) is 14.8. The molecule has 0 saturated carbocycles. The minimum Gasteiger partial charge on any atom is -0.273 e. The molecule has 4 rings (SSSR count). The first-order valence-electron chi connectivity index (χ1n) is 9.17. The van der Waals surface area contributed by atoms with Crippen LogP contribution in [0.5, 0.6) is 0 Å². The number of hydrogen-bond donors (Lipinski definition) is 0. The number of halogens is 1. The van der Waals surface area contributed by atoms with Crippen molar-refractivity contribution in [2.24, 2.45) is 10.2 Å². The van der Waals surface area contributed by atoms with Crippen molar-refractivity contribution >= 4 is 46.3 Å². The van der Waals surface area contributed by atoms with Crippen LogP contribution >= 0.6 is 23.4 Å². The Labute approximate surface area is 178 Å². The molecule has 3 aromatic rings. The monoisotopic (exact) mass is 419 g/mol. The highest BCUT2D eigenvalue weighted by Gasteiger charge is 2.39. The van der Waals surface area contributed by atoms with E-state index in [1.807, 2.05) is 78.9 Å². The van der Waals surface area contributed by atoms with E-state index in [1.54, 1.807) is 17.2 Å². The van der Waals surface area contributed by atoms with Crippen molar-refractivity contribution in [1.82, 2.24) is 0 Å². The summed E-state index contributed by atoms with van der Waals surface area (Å²) in [6.07, 6.45) is 2.25. The Bertz CT molecular complexity index is 1050. The van der Waals surface area contributed by atoms with Crippen molar-refractivity contribution in [2.45, 2.75) is 11.7 Å². The van der Waals surface area contributed by atoms with Crippen molar-refractivity contribution in [2.75, 3.05) is 4.90 Å². The van der Waals surface area contributed by atoms with E-state index in [0.717, 1.165) is 16.8 Å². The second kappa shape index (κ2) is 9.07. The highest BCUT2D eigenvalue weighted by Crippen LogP contribution is 2.33. The lowest BCUT2D eigenvalue weighted by Gasteiger charge is -2.15. The summed E-state index contributed by atoms with van der Waals surface area (Å²) in [7, 11) is 0. The Morgan fingerprint density at radius 3 is 2.31 bits per heavy atom. The number of hydrogen-bond acceptors (Lipinski definition) is 4. The van der Waals surface area contributed by atoms with Gasteiger partial charge in [-0.3, -0.25) is 9.69 Å². The molecule has 6 heteroatoms. The van der Waals surface area contributed by atoms with E-state index in [9.17, 15) is 4.79 Å². The van der Waals surface area contributed by atoms with Gasteiger partial charge < -0.3 is 0 Å². The number of amidine groups is 1. The number of benzene rings is 3. The van der Waals surface area contributed by atoms with Gasteiger partial charge in [-0.1, -0.05) is 90.1 Å². The Hall–Kier alpha value is -2.89. The van der Waals surface area contributed by atoms with Gasteiger partial charge in [-0.25, -0.2) is 0 Å². The first kappa shape index (κ1) is 19.4. The average molecular weight is 420 g/mol. The molecule has 0 radical (unpaired) electrons. The molecule has 1 atom stereocenters. The fourth-order valence-electron chi connectivity index (χ4n) is 3.03. The van der Waals surface area contributed by atoms with Gasteiger partial charge in [-0.05, 0) is 30.2 Å². The molecule has 1 amide bonds. The minimum atomic E-state index is -0.244. The first-order valence-corrected chi connectivity index (χ1v) is 10.4. The molecule has 0 spiro atoms. The van der Waals surface area contributed by atoms with Gasteiger partial charge in [0.1, 0.15) is 0 Å². The Kier molecular flexibility index (Phi) is 6.08. The Morgan fingerprint density at radius 1 is 0.931 bits per heavy atom. The maximum atomic E-state index is 13.2. The van der Waals surface area contributed by atoms with E-state index >= 15 is 0 Å². The zero-order valence-electron chi connectivity index (χ0n) is 15.5. The van der Waals surface area contributed by atoms with Gasteiger partial charge >= 0.3 is 0 Å². The molecular formula is C23H18ClN3OS. The van der Waals surface area contributed by atoms with Crippen molar-refractivity contribution < 1.29 is 4.79 Å². The number of para-hydroxylation sites is 1. The van der Waals surface area contributed by atoms with Crippen LogP contribution in [0.25, 0.3) is 0 Å². The van der Waals surface area contributed by atoms with Gasteiger partial charge in [0.05, 0.1) is 17.2 Å². The molecule has 3 aromatic carbocycles. The van der Waals surface area contributed by atoms with Crippen LogP contribution in [0.15, 0.2) is 95.1 Å². The number of carbonyl (C=O) groups is 1. The van der Waals surface area contributed by atoms with Crippen molar-refractivity contribution in [1.29, 1.82) is 0 Å². The first-order chi connectivity index (χ1) is 14.2. The van der Waals surface area contributed by atoms with Crippen LogP contribution in [0, 0.1) is 0 Å². The summed E-state index contributed by atoms with van der Waals surface area (Å²) in [5.41, 5.74) is 2.68. The van der Waals surface area contributed by atoms with Crippen LogP contribution in [0.1, 0.15) is 11.1 Å². The lowest BCUT2D eigenvalue weighted by atomic mass is 10.1. The molecule has 1 saturated heterocycles. The maximum absolute atomic E-state index is 13.2. The average Bonchev–Trinajstić information content (AvgIpc) is 3.06. The fraction of sp³-hybridized carbons (Fsp3) is 0.0870. The van der Waals surface area contributed by atoms with Gasteiger partial charge in [-0.2, -0.15) is 5.10 Å². The summed E-state index contributed by atoms with van der Waals surface area (Å²) < 4.78 is 0. The quantitative estimate of drug-likeness (QED) is 0.409. The van der Waals surface area contributed by atoms with E-state index in [-0.39, 0.29) is 11.2 Å². The van der Waals surface area contributed by atoms with E-state index < -0.39 is 0 Å². The predicted molar refractivity (Wildman–Crippen MR) is 122 cm³/mol. The standard InChI is InChI=1S/C23H18ClN3OS/c24-20-14-8-7-11-18(20)16-25-26-23-27(19-12-5-2-6-13-19)22(28)21(29-23)15-17-9-3-1-4-10-17/h1-14,16,21H,15H2/b25-16-,26-23+/t21-/m0/s1. The second-order valence-corrected chi connectivity index (χ2v) is 8.03. The summed E-state index contributed by atoms with van der Waals surface area (Å²) in [5.74, 6) is 0.0109. The Morgan fingerprint density at radius 2 is 1.59 bits per heavy atom. The molecular weight excluding hydrogens is 402 g/mol. The zero-order valence-corrected chi connectivity index (χ0v) is 17.1. The molecule has 4 nitrogen and oxygen atoms in total. The highest BCUT2D eigenvalue weighted by atomic mass is 35.5. The molecule has 0 aliphatic carbocycles. The SMILES string of the molecule is O=C1[C@H](Cc2ccccc2)S/C(=N/N=C\c2ccccc2Cl)N1c1ccccc1. The van der Waals surface area contributed by atoms with Crippen LogP contribution in [-0.2, 0) is 11.2 Å². The largest absolute Gasteiger partial charge is 0.273 e. The lowest BCUT2D eigenvalue weighted by Crippen LogP contribution is -2.32. The Balaban J connectivity index is 1.62. The van der Waals surface area contributed by atoms with Crippen LogP contribution in [0.3, 0.4) is 0 Å². The number of thioether (sulfide) groups is 1. The number of nitrogens with zero attached hydrogens (tertiary/aromatic N) is 3. The maximum Gasteiger partial charge on any atom is 0.247 e. The van der Waals surface area contributed by atoms with Crippen molar-refractivity contribution in [3.8, 4) is 0 Å². The molecule has 144 valence electrons. The summed E-state index contributed by atoms with van der Waals surface area (Å²) >= 11 is 7.61. The molecule has 1 aliphatic rings. The molecule has 1 aliphatic heterocycles. The highest BCUT2D eigenvalue weighted by molar-refractivity contribution is 8.16. The molecule has 0 aromatic heterocycles. The van der Waals surface area contributed by atoms with Gasteiger partial charge in [-0.15, -0.1) is 5.10 Å². The smallest absolute Gasteiger partial charge is 0.247 e. The summed E-state index contributed by atoms with van der Waals surface area (Å²) in [6, 6.07) is 27.0. The van der Waals surface area contributed by atoms with Crippen molar-refractivity contribution in [3.63, 3.8) is 0 Å². The van der Waals surface area contributed by atoms with E-state index in [4.69, 9.17) is 11.6 Å². The fourth-order valence-corrected chi connectivity index (χ4v) is 4.35. The number of rotatable bonds is 5. The van der Waals surface area contributed by atoms with Gasteiger partial charge in [0, 0.05) is 10.6 Å². The third-order valence-corrected chi connectivity index (χ3v) is 5.93. The molecule has 1 heterocycles. The van der Waals surface area contributed by atoms with E-state index in [2.05, 4.69) is 10.2 Å². The third-order valence-electron chi connectivity index (χ3n) is 4.46. The van der Waals surface area contributed by atoms with Crippen LogP contribution in [0.2, 0.25) is 5.02 Å². The van der Waals surface area contributed by atoms with Crippen molar-refractivity contribution in [3.05, 3.63) is 101 Å². The topological polar surface area (TPSA) is 45.0 Å². The van der Waals surface area contributed by atoms with Crippen LogP contribution in [0.4, 0.5) is 5.69 Å². The second-order valence-electron chi connectivity index (χ2n) is 6.45. The molecule has 0 unspecified atom stereocenters.